The summed E-state index contributed by atoms with van der Waals surface area (Å²) in [5.74, 6) is 0.454. The molecule has 1 fully saturated rings. The topological polar surface area (TPSA) is 46.5 Å². The van der Waals surface area contributed by atoms with E-state index in [4.69, 9.17) is 9.84 Å². The van der Waals surface area contributed by atoms with Crippen molar-refractivity contribution in [1.29, 1.82) is 0 Å². The molecule has 1 aromatic carbocycles. The first-order chi connectivity index (χ1) is 10.7. The number of aliphatic carboxylic acids is 1. The Hall–Kier alpha value is -0.650. The van der Waals surface area contributed by atoms with Crippen molar-refractivity contribution in [3.05, 3.63) is 34.9 Å². The monoisotopic (exact) mass is 338 g/mol. The Morgan fingerprint density at radius 1 is 1.32 bits per heavy atom. The molecule has 120 valence electrons. The molecule has 3 nitrogen and oxygen atoms in total. The molecule has 2 aliphatic rings. The lowest BCUT2D eigenvalue weighted by molar-refractivity contribution is -0.152. The van der Waals surface area contributed by atoms with Gasteiger partial charge in [0.25, 0.3) is 0 Å². The van der Waals surface area contributed by atoms with Gasteiger partial charge in [0.05, 0.1) is 6.61 Å². The first-order valence-electron chi connectivity index (χ1n) is 7.96. The van der Waals surface area contributed by atoms with Gasteiger partial charge in [-0.15, -0.1) is 0 Å². The molecule has 0 radical (unpaired) electrons. The molecular formula is C17H22O3S2. The van der Waals surface area contributed by atoms with E-state index in [0.29, 0.717) is 13.0 Å². The molecule has 0 unspecified atom stereocenters. The van der Waals surface area contributed by atoms with E-state index in [9.17, 15) is 4.79 Å². The highest BCUT2D eigenvalue weighted by Crippen LogP contribution is 2.39. The van der Waals surface area contributed by atoms with Crippen molar-refractivity contribution in [2.24, 2.45) is 0 Å². The lowest BCUT2D eigenvalue weighted by Crippen LogP contribution is -2.30. The second-order valence-electron chi connectivity index (χ2n) is 6.02. The molecule has 0 aromatic heterocycles. The summed E-state index contributed by atoms with van der Waals surface area (Å²) in [5, 5.41) is 9.89. The molecular weight excluding hydrogens is 316 g/mol. The van der Waals surface area contributed by atoms with Crippen LogP contribution in [0.5, 0.6) is 0 Å². The molecule has 5 heteroatoms. The lowest BCUT2D eigenvalue weighted by atomic mass is 9.95. The van der Waals surface area contributed by atoms with Crippen LogP contribution in [0.25, 0.3) is 0 Å². The maximum Gasteiger partial charge on any atom is 0.333 e. The highest BCUT2D eigenvalue weighted by atomic mass is 33.1. The molecule has 1 aromatic rings. The predicted molar refractivity (Wildman–Crippen MR) is 92.4 cm³/mol. The number of rotatable bonds is 6. The van der Waals surface area contributed by atoms with E-state index >= 15 is 0 Å². The Morgan fingerprint density at radius 2 is 2.23 bits per heavy atom. The number of aryl methyl sites for hydroxylation is 1. The van der Waals surface area contributed by atoms with Gasteiger partial charge in [-0.25, -0.2) is 4.79 Å². The van der Waals surface area contributed by atoms with Crippen LogP contribution in [-0.2, 0) is 29.0 Å². The number of carbonyl (C=O) groups is 1. The zero-order valence-electron chi connectivity index (χ0n) is 12.6. The van der Waals surface area contributed by atoms with Crippen LogP contribution in [0, 0.1) is 0 Å². The highest BCUT2D eigenvalue weighted by Gasteiger charge is 2.24. The maximum atomic E-state index is 11.0. The van der Waals surface area contributed by atoms with E-state index in [-0.39, 0.29) is 0 Å². The van der Waals surface area contributed by atoms with E-state index in [1.807, 2.05) is 10.8 Å². The number of benzene rings is 1. The summed E-state index contributed by atoms with van der Waals surface area (Å²) >= 11 is 0. The highest BCUT2D eigenvalue weighted by molar-refractivity contribution is 8.77. The number of hydrogen-bond donors (Lipinski definition) is 1. The van der Waals surface area contributed by atoms with Crippen molar-refractivity contribution in [1.82, 2.24) is 0 Å². The normalized spacial score (nSPS) is 24.2. The van der Waals surface area contributed by atoms with Crippen LogP contribution >= 0.6 is 21.6 Å². The molecule has 3 rings (SSSR count). The predicted octanol–water partition coefficient (Wildman–Crippen LogP) is 4.08. The SMILES string of the molecule is O=C(O)[C@@H]1Cc2ccc(CCCC[C@@H]3CCSS3)cc2CO1. The Kier molecular flexibility index (Phi) is 5.71. The van der Waals surface area contributed by atoms with E-state index in [1.54, 1.807) is 0 Å². The van der Waals surface area contributed by atoms with Gasteiger partial charge in [0, 0.05) is 17.4 Å². The summed E-state index contributed by atoms with van der Waals surface area (Å²) in [6, 6.07) is 6.45. The van der Waals surface area contributed by atoms with E-state index in [0.717, 1.165) is 22.8 Å². The zero-order chi connectivity index (χ0) is 15.4. The smallest absolute Gasteiger partial charge is 0.333 e. The maximum absolute atomic E-state index is 11.0. The Morgan fingerprint density at radius 3 is 3.00 bits per heavy atom. The number of hydrogen-bond acceptors (Lipinski definition) is 4. The third-order valence-electron chi connectivity index (χ3n) is 4.36. The van der Waals surface area contributed by atoms with Gasteiger partial charge in [0.2, 0.25) is 0 Å². The van der Waals surface area contributed by atoms with Crippen LogP contribution in [0.4, 0.5) is 0 Å². The average molecular weight is 338 g/mol. The molecule has 1 saturated heterocycles. The van der Waals surface area contributed by atoms with Gasteiger partial charge < -0.3 is 9.84 Å². The van der Waals surface area contributed by atoms with Crippen LogP contribution < -0.4 is 0 Å². The van der Waals surface area contributed by atoms with Crippen molar-refractivity contribution < 1.29 is 14.6 Å². The molecule has 0 aliphatic carbocycles. The number of carboxylic acid groups (broad SMARTS) is 1. The van der Waals surface area contributed by atoms with Gasteiger partial charge in [-0.3, -0.25) is 0 Å². The third kappa shape index (κ3) is 4.21. The quantitative estimate of drug-likeness (QED) is 0.625. The van der Waals surface area contributed by atoms with E-state index < -0.39 is 12.1 Å². The Labute approximate surface area is 139 Å². The molecule has 22 heavy (non-hydrogen) atoms. The number of unbranched alkanes of at least 4 members (excludes halogenated alkanes) is 1. The van der Waals surface area contributed by atoms with Gasteiger partial charge >= 0.3 is 5.97 Å². The second kappa shape index (κ2) is 7.75. The molecule has 0 saturated carbocycles. The van der Waals surface area contributed by atoms with Crippen LogP contribution in [0.3, 0.4) is 0 Å². The van der Waals surface area contributed by atoms with Gasteiger partial charge in [-0.05, 0) is 42.4 Å². The lowest BCUT2D eigenvalue weighted by Gasteiger charge is -2.22. The van der Waals surface area contributed by atoms with Crippen LogP contribution in [0.15, 0.2) is 18.2 Å². The minimum atomic E-state index is -0.863. The first-order valence-corrected chi connectivity index (χ1v) is 10.3. The molecule has 2 aliphatic heterocycles. The zero-order valence-corrected chi connectivity index (χ0v) is 14.3. The minimum absolute atomic E-state index is 0.427. The van der Waals surface area contributed by atoms with Crippen LogP contribution in [-0.4, -0.2) is 28.2 Å². The van der Waals surface area contributed by atoms with Crippen molar-refractivity contribution in [3.63, 3.8) is 0 Å². The molecule has 0 bridgehead atoms. The fraction of sp³-hybridized carbons (Fsp3) is 0.588. The summed E-state index contributed by atoms with van der Waals surface area (Å²) < 4.78 is 5.41. The van der Waals surface area contributed by atoms with Crippen molar-refractivity contribution >= 4 is 27.6 Å². The Balaban J connectivity index is 1.48. The summed E-state index contributed by atoms with van der Waals surface area (Å²) in [4.78, 5) is 11.0. The van der Waals surface area contributed by atoms with Crippen molar-refractivity contribution in [2.75, 3.05) is 5.75 Å². The third-order valence-corrected chi connectivity index (χ3v) is 7.37. The molecule has 0 spiro atoms. The first kappa shape index (κ1) is 16.2. The molecule has 0 amide bonds. The van der Waals surface area contributed by atoms with Crippen molar-refractivity contribution in [3.8, 4) is 0 Å². The van der Waals surface area contributed by atoms with E-state index in [2.05, 4.69) is 29.0 Å². The second-order valence-corrected chi connectivity index (χ2v) is 8.81. The standard InChI is InChI=1S/C17H22O3S2/c18-17(19)16-10-13-6-5-12(9-14(13)11-20-16)3-1-2-4-15-7-8-21-22-15/h5-6,9,15-16H,1-4,7-8,10-11H2,(H,18,19)/t15-,16+/m1/s1. The largest absolute Gasteiger partial charge is 0.479 e. The summed E-state index contributed by atoms with van der Waals surface area (Å²) in [7, 11) is 4.08. The molecule has 2 heterocycles. The van der Waals surface area contributed by atoms with Gasteiger partial charge in [0.15, 0.2) is 6.10 Å². The van der Waals surface area contributed by atoms with Crippen LogP contribution in [0.2, 0.25) is 0 Å². The van der Waals surface area contributed by atoms with Crippen molar-refractivity contribution in [2.45, 2.75) is 56.5 Å². The summed E-state index contributed by atoms with van der Waals surface area (Å²) in [5.41, 5.74) is 3.64. The van der Waals surface area contributed by atoms with Crippen LogP contribution in [0.1, 0.15) is 42.4 Å². The Bertz CT molecular complexity index is 527. The number of ether oxygens (including phenoxy) is 1. The van der Waals surface area contributed by atoms with Gasteiger partial charge in [-0.1, -0.05) is 46.2 Å². The summed E-state index contributed by atoms with van der Waals surface area (Å²) in [6.07, 6.45) is 6.16. The number of fused-ring (bicyclic) bond motifs is 1. The molecule has 1 N–H and O–H groups in total. The fourth-order valence-electron chi connectivity index (χ4n) is 3.04. The van der Waals surface area contributed by atoms with Gasteiger partial charge in [-0.2, -0.15) is 0 Å². The average Bonchev–Trinajstić information content (AvgIpc) is 3.04. The number of carboxylic acids is 1. The van der Waals surface area contributed by atoms with E-state index in [1.165, 1.54) is 37.0 Å². The molecule has 2 atom stereocenters. The fourth-order valence-corrected chi connectivity index (χ4v) is 6.07. The summed E-state index contributed by atoms with van der Waals surface area (Å²) in [6.45, 7) is 0.427. The van der Waals surface area contributed by atoms with Gasteiger partial charge in [0.1, 0.15) is 0 Å². The minimum Gasteiger partial charge on any atom is -0.479 e.